The summed E-state index contributed by atoms with van der Waals surface area (Å²) >= 11 is 0. The summed E-state index contributed by atoms with van der Waals surface area (Å²) in [4.78, 5) is 28.5. The van der Waals surface area contributed by atoms with Gasteiger partial charge in [0.25, 0.3) is 11.5 Å². The van der Waals surface area contributed by atoms with Gasteiger partial charge in [0.05, 0.1) is 5.56 Å². The summed E-state index contributed by atoms with van der Waals surface area (Å²) in [5.74, 6) is 0.449. The van der Waals surface area contributed by atoms with Gasteiger partial charge in [-0.3, -0.25) is 9.59 Å². The van der Waals surface area contributed by atoms with E-state index in [1.54, 1.807) is 0 Å². The van der Waals surface area contributed by atoms with Crippen LogP contribution in [-0.4, -0.2) is 28.5 Å². The standard InChI is InChI=1S/C25H32N4O2.ClH/c1-15-13-16(2)28-24(30)21(15)14-27-25(31)23-18(4)29(22-8-6-5-7-20(22)23)17(3)19-9-11-26-12-10-19;/h5-8,13,17,19,26H,9-12,14H2,1-4H3,(H,27,31)(H,28,30);1H. The van der Waals surface area contributed by atoms with Crippen LogP contribution in [-0.2, 0) is 6.54 Å². The molecule has 0 radical (unpaired) electrons. The summed E-state index contributed by atoms with van der Waals surface area (Å²) in [7, 11) is 0. The first-order chi connectivity index (χ1) is 14.9. The Bertz CT molecular complexity index is 1170. The van der Waals surface area contributed by atoms with Gasteiger partial charge in [0.1, 0.15) is 0 Å². The molecule has 4 rings (SSSR count). The molecule has 172 valence electrons. The first kappa shape index (κ1) is 24.1. The molecular formula is C25H33ClN4O2. The molecule has 0 bridgehead atoms. The normalized spacial score (nSPS) is 15.4. The summed E-state index contributed by atoms with van der Waals surface area (Å²) in [6.45, 7) is 10.4. The van der Waals surface area contributed by atoms with E-state index < -0.39 is 0 Å². The molecule has 1 fully saturated rings. The molecule has 0 saturated carbocycles. The Kier molecular flexibility index (Phi) is 7.47. The fourth-order valence-corrected chi connectivity index (χ4v) is 5.10. The third kappa shape index (κ3) is 4.48. The van der Waals surface area contributed by atoms with Crippen LogP contribution in [0.15, 0.2) is 35.1 Å². The number of hydrogen-bond donors (Lipinski definition) is 3. The maximum atomic E-state index is 13.3. The van der Waals surface area contributed by atoms with Crippen molar-refractivity contribution in [3.63, 3.8) is 0 Å². The van der Waals surface area contributed by atoms with E-state index in [1.165, 1.54) is 0 Å². The van der Waals surface area contributed by atoms with Gasteiger partial charge < -0.3 is 20.2 Å². The molecule has 1 unspecified atom stereocenters. The number of nitrogens with zero attached hydrogens (tertiary/aromatic N) is 1. The molecule has 0 spiro atoms. The molecule has 3 aromatic rings. The summed E-state index contributed by atoms with van der Waals surface area (Å²) in [6.07, 6.45) is 2.29. The Labute approximate surface area is 195 Å². The van der Waals surface area contributed by atoms with Crippen LogP contribution in [0.5, 0.6) is 0 Å². The van der Waals surface area contributed by atoms with E-state index in [4.69, 9.17) is 0 Å². The monoisotopic (exact) mass is 456 g/mol. The summed E-state index contributed by atoms with van der Waals surface area (Å²) in [5.41, 5.74) is 4.96. The molecule has 6 nitrogen and oxygen atoms in total. The molecule has 1 atom stereocenters. The second-order valence-electron chi connectivity index (χ2n) is 8.80. The minimum atomic E-state index is -0.142. The SMILES string of the molecule is Cc1cc(C)c(CNC(=O)c2c(C)n(C(C)C3CCNCC3)c3ccccc23)c(=O)[nH]1.Cl. The van der Waals surface area contributed by atoms with Crippen molar-refractivity contribution in [2.75, 3.05) is 13.1 Å². The number of hydrogen-bond acceptors (Lipinski definition) is 3. The predicted molar refractivity (Wildman–Crippen MR) is 132 cm³/mol. The highest BCUT2D eigenvalue weighted by Crippen LogP contribution is 2.34. The molecule has 7 heteroatoms. The van der Waals surface area contributed by atoms with Gasteiger partial charge in [0.2, 0.25) is 0 Å². The molecule has 2 aromatic heterocycles. The van der Waals surface area contributed by atoms with Crippen molar-refractivity contribution in [3.8, 4) is 0 Å². The van der Waals surface area contributed by atoms with Crippen LogP contribution < -0.4 is 16.2 Å². The average molecular weight is 457 g/mol. The first-order valence-corrected chi connectivity index (χ1v) is 11.2. The van der Waals surface area contributed by atoms with Crippen LogP contribution in [0.3, 0.4) is 0 Å². The number of amides is 1. The fraction of sp³-hybridized carbons (Fsp3) is 0.440. The Hall–Kier alpha value is -2.57. The van der Waals surface area contributed by atoms with E-state index in [0.29, 0.717) is 23.1 Å². The first-order valence-electron chi connectivity index (χ1n) is 11.2. The van der Waals surface area contributed by atoms with Gasteiger partial charge in [0, 0.05) is 40.4 Å². The van der Waals surface area contributed by atoms with Crippen molar-refractivity contribution in [3.05, 3.63) is 68.8 Å². The number of H-pyrrole nitrogens is 1. The highest BCUT2D eigenvalue weighted by Gasteiger charge is 2.27. The third-order valence-electron chi connectivity index (χ3n) is 6.78. The Balaban J connectivity index is 0.00000289. The maximum absolute atomic E-state index is 13.3. The van der Waals surface area contributed by atoms with Gasteiger partial charge in [-0.25, -0.2) is 0 Å². The minimum Gasteiger partial charge on any atom is -0.348 e. The van der Waals surface area contributed by atoms with Crippen LogP contribution in [0.4, 0.5) is 0 Å². The smallest absolute Gasteiger partial charge is 0.254 e. The van der Waals surface area contributed by atoms with Crippen LogP contribution in [0, 0.1) is 26.7 Å². The van der Waals surface area contributed by atoms with Crippen LogP contribution in [0.25, 0.3) is 10.9 Å². The van der Waals surface area contributed by atoms with Crippen molar-refractivity contribution in [1.82, 2.24) is 20.2 Å². The number of benzene rings is 1. The van der Waals surface area contributed by atoms with Crippen molar-refractivity contribution in [2.24, 2.45) is 5.92 Å². The molecular weight excluding hydrogens is 424 g/mol. The van der Waals surface area contributed by atoms with Gasteiger partial charge in [-0.2, -0.15) is 0 Å². The zero-order chi connectivity index (χ0) is 22.1. The molecule has 1 aromatic carbocycles. The number of carbonyl (C=O) groups excluding carboxylic acids is 1. The van der Waals surface area contributed by atoms with Gasteiger partial charge in [-0.15, -0.1) is 12.4 Å². The number of piperidine rings is 1. The molecule has 3 heterocycles. The lowest BCUT2D eigenvalue weighted by molar-refractivity contribution is 0.0951. The zero-order valence-electron chi connectivity index (χ0n) is 19.2. The minimum absolute atomic E-state index is 0. The van der Waals surface area contributed by atoms with Crippen molar-refractivity contribution >= 4 is 29.2 Å². The number of rotatable bonds is 5. The Morgan fingerprint density at radius 1 is 1.19 bits per heavy atom. The van der Waals surface area contributed by atoms with Gasteiger partial charge in [-0.1, -0.05) is 18.2 Å². The number of aryl methyl sites for hydroxylation is 2. The van der Waals surface area contributed by atoms with E-state index in [0.717, 1.165) is 53.8 Å². The number of fused-ring (bicyclic) bond motifs is 1. The van der Waals surface area contributed by atoms with E-state index >= 15 is 0 Å². The lowest BCUT2D eigenvalue weighted by atomic mass is 9.91. The molecule has 3 N–H and O–H groups in total. The number of para-hydroxylation sites is 1. The van der Waals surface area contributed by atoms with Gasteiger partial charge >= 0.3 is 0 Å². The van der Waals surface area contributed by atoms with Gasteiger partial charge in [0.15, 0.2) is 0 Å². The Morgan fingerprint density at radius 2 is 1.88 bits per heavy atom. The van der Waals surface area contributed by atoms with E-state index in [2.05, 4.69) is 33.2 Å². The van der Waals surface area contributed by atoms with Crippen molar-refractivity contribution in [1.29, 1.82) is 0 Å². The number of pyridine rings is 1. The molecule has 1 aliphatic rings. The highest BCUT2D eigenvalue weighted by molar-refractivity contribution is 6.08. The lowest BCUT2D eigenvalue weighted by Gasteiger charge is -2.30. The largest absolute Gasteiger partial charge is 0.348 e. The number of nitrogens with one attached hydrogen (secondary N) is 3. The zero-order valence-corrected chi connectivity index (χ0v) is 20.1. The van der Waals surface area contributed by atoms with Gasteiger partial charge in [-0.05, 0) is 77.2 Å². The molecule has 1 aliphatic heterocycles. The fourth-order valence-electron chi connectivity index (χ4n) is 5.10. The Morgan fingerprint density at radius 3 is 2.56 bits per heavy atom. The number of aromatic amines is 1. The van der Waals surface area contributed by atoms with E-state index in [9.17, 15) is 9.59 Å². The topological polar surface area (TPSA) is 78.9 Å². The lowest BCUT2D eigenvalue weighted by Crippen LogP contribution is -2.32. The van der Waals surface area contributed by atoms with E-state index in [1.807, 2.05) is 45.0 Å². The molecule has 0 aliphatic carbocycles. The molecule has 1 amide bonds. The maximum Gasteiger partial charge on any atom is 0.254 e. The summed E-state index contributed by atoms with van der Waals surface area (Å²) < 4.78 is 2.34. The quantitative estimate of drug-likeness (QED) is 0.539. The van der Waals surface area contributed by atoms with Crippen molar-refractivity contribution < 1.29 is 4.79 Å². The van der Waals surface area contributed by atoms with Crippen LogP contribution >= 0.6 is 12.4 Å². The third-order valence-corrected chi connectivity index (χ3v) is 6.78. The number of carbonyl (C=O) groups is 1. The van der Waals surface area contributed by atoms with E-state index in [-0.39, 0.29) is 30.4 Å². The second kappa shape index (κ2) is 9.92. The van der Waals surface area contributed by atoms with Crippen LogP contribution in [0.1, 0.15) is 58.7 Å². The molecule has 32 heavy (non-hydrogen) atoms. The highest BCUT2D eigenvalue weighted by atomic mass is 35.5. The summed E-state index contributed by atoms with van der Waals surface area (Å²) in [5, 5.41) is 7.40. The number of halogens is 1. The van der Waals surface area contributed by atoms with Crippen molar-refractivity contribution in [2.45, 2.75) is 53.1 Å². The summed E-state index contributed by atoms with van der Waals surface area (Å²) in [6, 6.07) is 10.4. The van der Waals surface area contributed by atoms with Crippen LogP contribution in [0.2, 0.25) is 0 Å². The average Bonchev–Trinajstić information content (AvgIpc) is 3.04. The predicted octanol–water partition coefficient (Wildman–Crippen LogP) is 4.17. The molecule has 1 saturated heterocycles. The number of aromatic nitrogens is 2. The second-order valence-corrected chi connectivity index (χ2v) is 8.80.